The molecule has 4 nitrogen and oxygen atoms in total. The minimum Gasteiger partial charge on any atom is -0.465 e. The second-order valence-corrected chi connectivity index (χ2v) is 5.17. The Kier molecular flexibility index (Phi) is 6.68. The van der Waals surface area contributed by atoms with Crippen LogP contribution in [0.3, 0.4) is 0 Å². The van der Waals surface area contributed by atoms with Crippen LogP contribution in [0, 0.1) is 5.41 Å². The summed E-state index contributed by atoms with van der Waals surface area (Å²) in [7, 11) is 1.95. The van der Waals surface area contributed by atoms with Crippen LogP contribution in [0.4, 0.5) is 0 Å². The molecule has 0 aliphatic heterocycles. The molecule has 0 bridgehead atoms. The number of rotatable bonds is 8. The molecule has 1 aromatic carbocycles. The zero-order valence-electron chi connectivity index (χ0n) is 12.6. The highest BCUT2D eigenvalue weighted by Gasteiger charge is 2.38. The van der Waals surface area contributed by atoms with Crippen LogP contribution in [-0.2, 0) is 16.1 Å². The van der Waals surface area contributed by atoms with Gasteiger partial charge in [0.2, 0.25) is 0 Å². The fraction of sp³-hybridized carbons (Fsp3) is 0.562. The lowest BCUT2D eigenvalue weighted by Gasteiger charge is -2.32. The third-order valence-electron chi connectivity index (χ3n) is 3.56. The van der Waals surface area contributed by atoms with Crippen molar-refractivity contribution in [3.05, 3.63) is 35.9 Å². The normalized spacial score (nSPS) is 14.1. The predicted octanol–water partition coefficient (Wildman–Crippen LogP) is 2.07. The summed E-state index contributed by atoms with van der Waals surface area (Å²) in [6, 6.07) is 10.1. The van der Waals surface area contributed by atoms with Gasteiger partial charge in [0, 0.05) is 13.1 Å². The molecule has 4 heteroatoms. The van der Waals surface area contributed by atoms with E-state index in [0.717, 1.165) is 6.54 Å². The van der Waals surface area contributed by atoms with Gasteiger partial charge in [0.15, 0.2) is 0 Å². The second kappa shape index (κ2) is 8.02. The van der Waals surface area contributed by atoms with Crippen molar-refractivity contribution in [2.45, 2.75) is 26.8 Å². The summed E-state index contributed by atoms with van der Waals surface area (Å²) in [4.78, 5) is 14.2. The predicted molar refractivity (Wildman–Crippen MR) is 79.2 cm³/mol. The maximum atomic E-state index is 12.1. The minimum absolute atomic E-state index is 0.193. The number of ether oxygens (including phenoxy) is 1. The molecule has 0 saturated carbocycles. The van der Waals surface area contributed by atoms with E-state index >= 15 is 0 Å². The largest absolute Gasteiger partial charge is 0.465 e. The summed E-state index contributed by atoms with van der Waals surface area (Å²) < 4.78 is 5.11. The Morgan fingerprint density at radius 1 is 1.30 bits per heavy atom. The molecule has 0 aliphatic rings. The first-order valence-electron chi connectivity index (χ1n) is 7.08. The van der Waals surface area contributed by atoms with Crippen LogP contribution in [0.1, 0.15) is 25.8 Å². The van der Waals surface area contributed by atoms with Crippen LogP contribution in [0.2, 0.25) is 0 Å². The van der Waals surface area contributed by atoms with Crippen LogP contribution in [0.5, 0.6) is 0 Å². The molecule has 1 rings (SSSR count). The third kappa shape index (κ3) is 4.32. The van der Waals surface area contributed by atoms with E-state index in [1.165, 1.54) is 5.56 Å². The van der Waals surface area contributed by atoms with Gasteiger partial charge in [-0.15, -0.1) is 0 Å². The number of hydrogen-bond donors (Lipinski definition) is 1. The number of carbonyl (C=O) groups excluding carboxylic acids is 1. The lowest BCUT2D eigenvalue weighted by Crippen LogP contribution is -2.45. The molecule has 20 heavy (non-hydrogen) atoms. The van der Waals surface area contributed by atoms with Crippen LogP contribution in [0.25, 0.3) is 0 Å². The SMILES string of the molecule is CCOC(=O)C(CC)(CO)CN(C)Cc1ccccc1. The highest BCUT2D eigenvalue weighted by Crippen LogP contribution is 2.25. The van der Waals surface area contributed by atoms with Gasteiger partial charge in [0.1, 0.15) is 5.41 Å². The Labute approximate surface area is 121 Å². The number of hydrogen-bond acceptors (Lipinski definition) is 4. The molecule has 0 spiro atoms. The third-order valence-corrected chi connectivity index (χ3v) is 3.56. The standard InChI is InChI=1S/C16H25NO3/c1-4-16(13-18,15(19)20-5-2)12-17(3)11-14-9-7-6-8-10-14/h6-10,18H,4-5,11-13H2,1-3H3. The van der Waals surface area contributed by atoms with Crippen LogP contribution in [-0.4, -0.2) is 42.8 Å². The average Bonchev–Trinajstić information content (AvgIpc) is 2.46. The van der Waals surface area contributed by atoms with E-state index in [4.69, 9.17) is 4.74 Å². The average molecular weight is 279 g/mol. The molecular weight excluding hydrogens is 254 g/mol. The van der Waals surface area contributed by atoms with Gasteiger partial charge in [-0.1, -0.05) is 37.3 Å². The zero-order valence-corrected chi connectivity index (χ0v) is 12.6. The first-order chi connectivity index (χ1) is 9.57. The number of aliphatic hydroxyl groups is 1. The molecule has 1 atom stereocenters. The van der Waals surface area contributed by atoms with Gasteiger partial charge >= 0.3 is 5.97 Å². The van der Waals surface area contributed by atoms with Crippen molar-refractivity contribution in [2.24, 2.45) is 5.41 Å². The second-order valence-electron chi connectivity index (χ2n) is 5.17. The molecule has 0 fully saturated rings. The van der Waals surface area contributed by atoms with Gasteiger partial charge in [0.25, 0.3) is 0 Å². The summed E-state index contributed by atoms with van der Waals surface area (Å²) in [6.45, 7) is 5.05. The van der Waals surface area contributed by atoms with E-state index in [1.807, 2.05) is 49.2 Å². The highest BCUT2D eigenvalue weighted by molar-refractivity contribution is 5.77. The summed E-state index contributed by atoms with van der Waals surface area (Å²) in [5, 5.41) is 9.66. The molecule has 0 radical (unpaired) electrons. The fourth-order valence-corrected chi connectivity index (χ4v) is 2.30. The first kappa shape index (κ1) is 16.7. The smallest absolute Gasteiger partial charge is 0.315 e. The monoisotopic (exact) mass is 279 g/mol. The highest BCUT2D eigenvalue weighted by atomic mass is 16.5. The van der Waals surface area contributed by atoms with Crippen molar-refractivity contribution < 1.29 is 14.6 Å². The summed E-state index contributed by atoms with van der Waals surface area (Å²) in [5.74, 6) is -0.315. The van der Waals surface area contributed by atoms with Gasteiger partial charge < -0.3 is 14.7 Å². The van der Waals surface area contributed by atoms with Gasteiger partial charge in [-0.25, -0.2) is 0 Å². The molecule has 1 unspecified atom stereocenters. The lowest BCUT2D eigenvalue weighted by molar-refractivity contribution is -0.159. The molecule has 1 N–H and O–H groups in total. The van der Waals surface area contributed by atoms with Gasteiger partial charge in [-0.2, -0.15) is 0 Å². The van der Waals surface area contributed by atoms with E-state index in [-0.39, 0.29) is 12.6 Å². The number of aliphatic hydroxyl groups excluding tert-OH is 1. The van der Waals surface area contributed by atoms with E-state index in [1.54, 1.807) is 6.92 Å². The Hall–Kier alpha value is -1.39. The molecule has 112 valence electrons. The molecular formula is C16H25NO3. The molecule has 0 saturated heterocycles. The summed E-state index contributed by atoms with van der Waals surface area (Å²) >= 11 is 0. The fourth-order valence-electron chi connectivity index (χ4n) is 2.30. The van der Waals surface area contributed by atoms with Crippen molar-refractivity contribution in [1.82, 2.24) is 4.90 Å². The van der Waals surface area contributed by atoms with Crippen LogP contribution in [0.15, 0.2) is 30.3 Å². The van der Waals surface area contributed by atoms with Crippen LogP contribution >= 0.6 is 0 Å². The van der Waals surface area contributed by atoms with Crippen molar-refractivity contribution in [3.8, 4) is 0 Å². The van der Waals surface area contributed by atoms with E-state index in [9.17, 15) is 9.90 Å². The number of esters is 1. The van der Waals surface area contributed by atoms with E-state index < -0.39 is 5.41 Å². The zero-order chi connectivity index (χ0) is 15.0. The molecule has 0 aromatic heterocycles. The molecule has 1 aromatic rings. The summed E-state index contributed by atoms with van der Waals surface area (Å²) in [5.41, 5.74) is 0.348. The van der Waals surface area contributed by atoms with Crippen LogP contribution < -0.4 is 0 Å². The first-order valence-corrected chi connectivity index (χ1v) is 7.08. The molecule has 0 amide bonds. The lowest BCUT2D eigenvalue weighted by atomic mass is 9.85. The summed E-state index contributed by atoms with van der Waals surface area (Å²) in [6.07, 6.45) is 0.557. The Bertz CT molecular complexity index is 401. The van der Waals surface area contributed by atoms with Crippen molar-refractivity contribution in [1.29, 1.82) is 0 Å². The molecule has 0 heterocycles. The maximum absolute atomic E-state index is 12.1. The number of nitrogens with zero attached hydrogens (tertiary/aromatic N) is 1. The van der Waals surface area contributed by atoms with Crippen molar-refractivity contribution in [3.63, 3.8) is 0 Å². The molecule has 0 aliphatic carbocycles. The maximum Gasteiger partial charge on any atom is 0.315 e. The Morgan fingerprint density at radius 3 is 2.45 bits per heavy atom. The van der Waals surface area contributed by atoms with Gasteiger partial charge in [-0.3, -0.25) is 4.79 Å². The number of benzene rings is 1. The Balaban J connectivity index is 2.72. The van der Waals surface area contributed by atoms with Crippen molar-refractivity contribution in [2.75, 3.05) is 26.8 Å². The Morgan fingerprint density at radius 2 is 1.95 bits per heavy atom. The van der Waals surface area contributed by atoms with E-state index in [2.05, 4.69) is 0 Å². The van der Waals surface area contributed by atoms with Gasteiger partial charge in [-0.05, 0) is 26.0 Å². The van der Waals surface area contributed by atoms with Crippen molar-refractivity contribution >= 4 is 5.97 Å². The quantitative estimate of drug-likeness (QED) is 0.740. The van der Waals surface area contributed by atoms with E-state index in [0.29, 0.717) is 19.6 Å². The minimum atomic E-state index is -0.834. The topological polar surface area (TPSA) is 49.8 Å². The number of carbonyl (C=O) groups is 1. The van der Waals surface area contributed by atoms with Gasteiger partial charge in [0.05, 0.1) is 13.2 Å².